The van der Waals surface area contributed by atoms with Crippen molar-refractivity contribution in [1.29, 1.82) is 0 Å². The second-order valence-corrected chi connectivity index (χ2v) is 6.26. The number of hydrogen-bond acceptors (Lipinski definition) is 5. The van der Waals surface area contributed by atoms with E-state index < -0.39 is 0 Å². The highest BCUT2D eigenvalue weighted by Crippen LogP contribution is 2.31. The molecule has 3 heterocycles. The van der Waals surface area contributed by atoms with E-state index in [4.69, 9.17) is 9.15 Å². The summed E-state index contributed by atoms with van der Waals surface area (Å²) in [5.74, 6) is 1.48. The van der Waals surface area contributed by atoms with Gasteiger partial charge in [0.05, 0.1) is 17.9 Å². The molecule has 0 aliphatic heterocycles. The second-order valence-electron chi connectivity index (χ2n) is 6.26. The molecule has 0 spiro atoms. The molecule has 4 rings (SSSR count). The molecule has 1 aliphatic carbocycles. The first kappa shape index (κ1) is 16.5. The number of carbonyl (C=O) groups is 1. The van der Waals surface area contributed by atoms with E-state index in [0.29, 0.717) is 18.1 Å². The van der Waals surface area contributed by atoms with Gasteiger partial charge in [0.2, 0.25) is 0 Å². The molecular formula is C19H20N4O3. The number of furan rings is 1. The van der Waals surface area contributed by atoms with Crippen LogP contribution in [0, 0.1) is 0 Å². The Morgan fingerprint density at radius 1 is 1.38 bits per heavy atom. The average molecular weight is 352 g/mol. The fourth-order valence-corrected chi connectivity index (χ4v) is 3.33. The maximum absolute atomic E-state index is 12.5. The lowest BCUT2D eigenvalue weighted by molar-refractivity contribution is 0.0896. The summed E-state index contributed by atoms with van der Waals surface area (Å²) in [6, 6.07) is 9.08. The zero-order chi connectivity index (χ0) is 17.9. The summed E-state index contributed by atoms with van der Waals surface area (Å²) >= 11 is 0. The van der Waals surface area contributed by atoms with E-state index in [1.165, 1.54) is 0 Å². The van der Waals surface area contributed by atoms with Crippen LogP contribution in [0.1, 0.15) is 46.5 Å². The Balaban J connectivity index is 1.55. The standard InChI is InChI=1S/C19H20N4O3/c1-25-12-13-8-9-17(26-13)19(24)22-15-5-4-6-16-14(15)11-21-23(16)18-7-2-3-10-20-18/h2-3,7-11,15H,4-6,12H2,1H3,(H,22,24)/t15-/m0/s1. The van der Waals surface area contributed by atoms with Crippen molar-refractivity contribution < 1.29 is 13.9 Å². The molecule has 0 aromatic carbocycles. The number of hydrogen-bond donors (Lipinski definition) is 1. The third kappa shape index (κ3) is 3.13. The molecule has 0 fully saturated rings. The molecular weight excluding hydrogens is 332 g/mol. The first-order valence-electron chi connectivity index (χ1n) is 8.63. The zero-order valence-corrected chi connectivity index (χ0v) is 14.5. The van der Waals surface area contributed by atoms with Gasteiger partial charge in [-0.1, -0.05) is 6.07 Å². The molecule has 0 saturated heterocycles. The third-order valence-corrected chi connectivity index (χ3v) is 4.53. The van der Waals surface area contributed by atoms with Crippen molar-refractivity contribution in [1.82, 2.24) is 20.1 Å². The molecule has 134 valence electrons. The van der Waals surface area contributed by atoms with Gasteiger partial charge in [-0.15, -0.1) is 0 Å². The van der Waals surface area contributed by atoms with Crippen LogP contribution in [0.15, 0.2) is 47.1 Å². The molecule has 3 aromatic rings. The highest BCUT2D eigenvalue weighted by Gasteiger charge is 2.27. The Bertz CT molecular complexity index is 901. The summed E-state index contributed by atoms with van der Waals surface area (Å²) < 4.78 is 12.4. The molecule has 1 N–H and O–H groups in total. The molecule has 0 unspecified atom stereocenters. The van der Waals surface area contributed by atoms with E-state index in [0.717, 1.165) is 36.3 Å². The van der Waals surface area contributed by atoms with E-state index in [-0.39, 0.29) is 11.9 Å². The van der Waals surface area contributed by atoms with E-state index in [1.807, 2.05) is 29.1 Å². The van der Waals surface area contributed by atoms with Crippen LogP contribution in [0.2, 0.25) is 0 Å². The molecule has 1 atom stereocenters. The molecule has 26 heavy (non-hydrogen) atoms. The van der Waals surface area contributed by atoms with Crippen LogP contribution in [-0.2, 0) is 17.8 Å². The lowest BCUT2D eigenvalue weighted by Crippen LogP contribution is -2.30. The highest BCUT2D eigenvalue weighted by atomic mass is 16.5. The Kier molecular flexibility index (Phi) is 4.53. The van der Waals surface area contributed by atoms with Gasteiger partial charge >= 0.3 is 0 Å². The molecule has 3 aromatic heterocycles. The van der Waals surface area contributed by atoms with Crippen molar-refractivity contribution >= 4 is 5.91 Å². The summed E-state index contributed by atoms with van der Waals surface area (Å²) in [6.07, 6.45) is 6.34. The lowest BCUT2D eigenvalue weighted by atomic mass is 9.93. The number of aromatic nitrogens is 3. The minimum atomic E-state index is -0.226. The number of carbonyl (C=O) groups excluding carboxylic acids is 1. The SMILES string of the molecule is COCc1ccc(C(=O)N[C@H]2CCCc3c2cnn3-c2ccccn2)o1. The second kappa shape index (κ2) is 7.13. The monoisotopic (exact) mass is 352 g/mol. The van der Waals surface area contributed by atoms with Crippen molar-refractivity contribution in [2.24, 2.45) is 0 Å². The smallest absolute Gasteiger partial charge is 0.287 e. The number of amides is 1. The number of pyridine rings is 1. The number of methoxy groups -OCH3 is 1. The minimum Gasteiger partial charge on any atom is -0.453 e. The van der Waals surface area contributed by atoms with Crippen molar-refractivity contribution in [2.45, 2.75) is 31.9 Å². The normalized spacial score (nSPS) is 16.3. The van der Waals surface area contributed by atoms with Crippen LogP contribution in [-0.4, -0.2) is 27.8 Å². The van der Waals surface area contributed by atoms with Gasteiger partial charge in [-0.25, -0.2) is 9.67 Å². The lowest BCUT2D eigenvalue weighted by Gasteiger charge is -2.23. The van der Waals surface area contributed by atoms with E-state index in [1.54, 1.807) is 25.4 Å². The molecule has 7 heteroatoms. The zero-order valence-electron chi connectivity index (χ0n) is 14.5. The largest absolute Gasteiger partial charge is 0.453 e. The van der Waals surface area contributed by atoms with Crippen molar-refractivity contribution in [2.75, 3.05) is 7.11 Å². The third-order valence-electron chi connectivity index (χ3n) is 4.53. The van der Waals surface area contributed by atoms with Gasteiger partial charge in [-0.2, -0.15) is 5.10 Å². The molecule has 1 aliphatic rings. The molecule has 0 bridgehead atoms. The molecule has 7 nitrogen and oxygen atoms in total. The molecule has 1 amide bonds. The number of ether oxygens (including phenoxy) is 1. The first-order valence-corrected chi connectivity index (χ1v) is 8.63. The van der Waals surface area contributed by atoms with Crippen LogP contribution in [0.3, 0.4) is 0 Å². The topological polar surface area (TPSA) is 82.2 Å². The maximum Gasteiger partial charge on any atom is 0.287 e. The summed E-state index contributed by atoms with van der Waals surface area (Å²) in [5, 5.41) is 7.55. The van der Waals surface area contributed by atoms with Gasteiger partial charge in [-0.3, -0.25) is 4.79 Å². The van der Waals surface area contributed by atoms with Crippen molar-refractivity contribution in [3.8, 4) is 5.82 Å². The predicted octanol–water partition coefficient (Wildman–Crippen LogP) is 2.81. The minimum absolute atomic E-state index is 0.0836. The quantitative estimate of drug-likeness (QED) is 0.763. The Morgan fingerprint density at radius 2 is 2.31 bits per heavy atom. The van der Waals surface area contributed by atoms with Gasteiger partial charge < -0.3 is 14.5 Å². The van der Waals surface area contributed by atoms with Crippen LogP contribution < -0.4 is 5.32 Å². The van der Waals surface area contributed by atoms with Crippen LogP contribution in [0.5, 0.6) is 0 Å². The van der Waals surface area contributed by atoms with Gasteiger partial charge in [0.25, 0.3) is 5.91 Å². The van der Waals surface area contributed by atoms with Crippen LogP contribution in [0.4, 0.5) is 0 Å². The predicted molar refractivity (Wildman–Crippen MR) is 93.9 cm³/mol. The Morgan fingerprint density at radius 3 is 3.12 bits per heavy atom. The van der Waals surface area contributed by atoms with Gasteiger partial charge in [0.15, 0.2) is 11.6 Å². The fourth-order valence-electron chi connectivity index (χ4n) is 3.33. The van der Waals surface area contributed by atoms with Gasteiger partial charge in [0.1, 0.15) is 12.4 Å². The Labute approximate surface area is 151 Å². The number of rotatable bonds is 5. The summed E-state index contributed by atoms with van der Waals surface area (Å²) in [5.41, 5.74) is 2.14. The summed E-state index contributed by atoms with van der Waals surface area (Å²) in [7, 11) is 1.59. The molecule has 0 saturated carbocycles. The molecule has 0 radical (unpaired) electrons. The summed E-state index contributed by atoms with van der Waals surface area (Å²) in [4.78, 5) is 16.9. The number of fused-ring (bicyclic) bond motifs is 1. The van der Waals surface area contributed by atoms with Crippen LogP contribution >= 0.6 is 0 Å². The van der Waals surface area contributed by atoms with Crippen molar-refractivity contribution in [3.05, 3.63) is 65.5 Å². The van der Waals surface area contributed by atoms with Gasteiger partial charge in [0, 0.05) is 18.9 Å². The van der Waals surface area contributed by atoms with Crippen LogP contribution in [0.25, 0.3) is 5.82 Å². The Hall–Kier alpha value is -2.93. The van der Waals surface area contributed by atoms with Gasteiger partial charge in [-0.05, 0) is 43.5 Å². The fraction of sp³-hybridized carbons (Fsp3) is 0.316. The number of nitrogens with zero attached hydrogens (tertiary/aromatic N) is 3. The highest BCUT2D eigenvalue weighted by molar-refractivity contribution is 5.91. The van der Waals surface area contributed by atoms with E-state index >= 15 is 0 Å². The first-order chi connectivity index (χ1) is 12.8. The summed E-state index contributed by atoms with van der Waals surface area (Å²) in [6.45, 7) is 0.345. The van der Waals surface area contributed by atoms with E-state index in [2.05, 4.69) is 15.4 Å². The maximum atomic E-state index is 12.5. The average Bonchev–Trinajstić information content (AvgIpc) is 3.30. The number of nitrogens with one attached hydrogen (secondary N) is 1. The van der Waals surface area contributed by atoms with E-state index in [9.17, 15) is 4.79 Å². The van der Waals surface area contributed by atoms with Crippen molar-refractivity contribution in [3.63, 3.8) is 0 Å².